The van der Waals surface area contributed by atoms with E-state index in [1.807, 2.05) is 12.1 Å². The molecule has 2 aliphatic heterocycles. The molecule has 0 bridgehead atoms. The molecule has 8 nitrogen and oxygen atoms in total. The van der Waals surface area contributed by atoms with Gasteiger partial charge in [0.05, 0.1) is 18.2 Å². The number of aromatic amines is 1. The summed E-state index contributed by atoms with van der Waals surface area (Å²) in [5.41, 5.74) is 3.13. The number of H-pyrrole nitrogens is 1. The Labute approximate surface area is 176 Å². The number of nitrogens with one attached hydrogen (secondary N) is 2. The molecule has 5 rings (SSSR count). The number of hydrogen-bond donors (Lipinski definition) is 2. The zero-order chi connectivity index (χ0) is 20.5. The molecular formula is C22H29N7O. The van der Waals surface area contributed by atoms with Gasteiger partial charge in [0, 0.05) is 19.1 Å². The molecule has 2 aromatic heterocycles. The average Bonchev–Trinajstić information content (AvgIpc) is 3.09. The van der Waals surface area contributed by atoms with E-state index in [4.69, 9.17) is 14.7 Å². The Balaban J connectivity index is 1.45. The molecule has 0 saturated carbocycles. The summed E-state index contributed by atoms with van der Waals surface area (Å²) in [7, 11) is 3.87. The summed E-state index contributed by atoms with van der Waals surface area (Å²) >= 11 is 0. The Kier molecular flexibility index (Phi) is 5.16. The van der Waals surface area contributed by atoms with Crippen LogP contribution < -0.4 is 15.0 Å². The summed E-state index contributed by atoms with van der Waals surface area (Å²) in [4.78, 5) is 14.5. The number of aryl methyl sites for hydroxylation is 1. The number of rotatable bonds is 5. The van der Waals surface area contributed by atoms with Gasteiger partial charge in [-0.2, -0.15) is 15.1 Å². The molecule has 2 N–H and O–H groups in total. The largest absolute Gasteiger partial charge is 0.497 e. The molecule has 0 spiro atoms. The summed E-state index contributed by atoms with van der Waals surface area (Å²) in [6.07, 6.45) is 4.20. The third-order valence-corrected chi connectivity index (χ3v) is 6.20. The zero-order valence-corrected chi connectivity index (χ0v) is 17.7. The highest BCUT2D eigenvalue weighted by Crippen LogP contribution is 2.32. The average molecular weight is 408 g/mol. The number of likely N-dealkylation sites (tertiary alicyclic amines) is 1. The van der Waals surface area contributed by atoms with E-state index in [-0.39, 0.29) is 0 Å². The Morgan fingerprint density at radius 3 is 2.70 bits per heavy atom. The van der Waals surface area contributed by atoms with Gasteiger partial charge in [0.2, 0.25) is 5.95 Å². The van der Waals surface area contributed by atoms with Crippen LogP contribution in [0.3, 0.4) is 0 Å². The lowest BCUT2D eigenvalue weighted by Gasteiger charge is -2.30. The van der Waals surface area contributed by atoms with Crippen LogP contribution in [0.5, 0.6) is 5.75 Å². The molecule has 1 fully saturated rings. The number of hydrogen-bond acceptors (Lipinski definition) is 7. The van der Waals surface area contributed by atoms with Gasteiger partial charge in [0.25, 0.3) is 0 Å². The van der Waals surface area contributed by atoms with Crippen molar-refractivity contribution in [2.75, 3.05) is 44.0 Å². The van der Waals surface area contributed by atoms with Crippen molar-refractivity contribution < 1.29 is 4.74 Å². The van der Waals surface area contributed by atoms with Crippen LogP contribution in [0.2, 0.25) is 0 Å². The van der Waals surface area contributed by atoms with Gasteiger partial charge in [-0.15, -0.1) is 0 Å². The number of anilines is 2. The number of methoxy groups -OCH3 is 1. The molecule has 2 aliphatic rings. The van der Waals surface area contributed by atoms with Gasteiger partial charge in [0.1, 0.15) is 11.6 Å². The first kappa shape index (κ1) is 19.1. The molecule has 0 radical (unpaired) electrons. The molecule has 0 atom stereocenters. The van der Waals surface area contributed by atoms with Crippen molar-refractivity contribution in [3.63, 3.8) is 0 Å². The standard InChI is InChI=1S/C22H29N7O/c1-28-12-9-16(10-13-28)23-22-24-20-19-18(26-27-20)4-3-11-29(21(19)25-22)14-15-5-7-17(30-2)8-6-15/h5-8,16H,3-4,9-14H2,1-2H3,(H2,23,24,25,26,27). The second-order valence-electron chi connectivity index (χ2n) is 8.36. The lowest BCUT2D eigenvalue weighted by molar-refractivity contribution is 0.263. The predicted molar refractivity (Wildman–Crippen MR) is 118 cm³/mol. The van der Waals surface area contributed by atoms with Crippen molar-refractivity contribution >= 4 is 22.8 Å². The van der Waals surface area contributed by atoms with Gasteiger partial charge in [-0.25, -0.2) is 0 Å². The monoisotopic (exact) mass is 407 g/mol. The zero-order valence-electron chi connectivity index (χ0n) is 17.7. The van der Waals surface area contributed by atoms with Gasteiger partial charge in [0.15, 0.2) is 5.65 Å². The first-order valence-electron chi connectivity index (χ1n) is 10.8. The van der Waals surface area contributed by atoms with Crippen molar-refractivity contribution in [1.82, 2.24) is 25.1 Å². The van der Waals surface area contributed by atoms with Crippen LogP contribution in [0.15, 0.2) is 24.3 Å². The third kappa shape index (κ3) is 3.79. The smallest absolute Gasteiger partial charge is 0.226 e. The van der Waals surface area contributed by atoms with Crippen LogP contribution in [0.1, 0.15) is 30.5 Å². The van der Waals surface area contributed by atoms with Crippen molar-refractivity contribution in [3.05, 3.63) is 35.5 Å². The highest BCUT2D eigenvalue weighted by Gasteiger charge is 2.24. The van der Waals surface area contributed by atoms with Crippen LogP contribution >= 0.6 is 0 Å². The topological polar surface area (TPSA) is 82.2 Å². The summed E-state index contributed by atoms with van der Waals surface area (Å²) < 4.78 is 5.30. The number of piperidine rings is 1. The molecule has 1 aromatic carbocycles. The number of benzene rings is 1. The molecule has 4 heterocycles. The summed E-state index contributed by atoms with van der Waals surface area (Å²) in [6, 6.07) is 8.68. The molecule has 158 valence electrons. The normalized spacial score (nSPS) is 17.9. The number of aromatic nitrogens is 4. The molecule has 1 saturated heterocycles. The van der Waals surface area contributed by atoms with Crippen LogP contribution in [0.25, 0.3) is 11.0 Å². The van der Waals surface area contributed by atoms with E-state index < -0.39 is 0 Å². The van der Waals surface area contributed by atoms with Crippen LogP contribution in [-0.4, -0.2) is 64.9 Å². The third-order valence-electron chi connectivity index (χ3n) is 6.20. The van der Waals surface area contributed by atoms with E-state index in [0.717, 1.165) is 80.2 Å². The molecule has 30 heavy (non-hydrogen) atoms. The minimum Gasteiger partial charge on any atom is -0.497 e. The van der Waals surface area contributed by atoms with E-state index in [0.29, 0.717) is 12.0 Å². The Hall–Kier alpha value is -2.87. The van der Waals surface area contributed by atoms with E-state index >= 15 is 0 Å². The predicted octanol–water partition coefficient (Wildman–Crippen LogP) is 2.82. The highest BCUT2D eigenvalue weighted by molar-refractivity contribution is 5.91. The van der Waals surface area contributed by atoms with Crippen molar-refractivity contribution in [2.24, 2.45) is 0 Å². The first-order valence-corrected chi connectivity index (χ1v) is 10.8. The highest BCUT2D eigenvalue weighted by atomic mass is 16.5. The summed E-state index contributed by atoms with van der Waals surface area (Å²) in [6.45, 7) is 3.95. The van der Waals surface area contributed by atoms with E-state index in [2.05, 4.69) is 44.5 Å². The first-order chi connectivity index (χ1) is 14.7. The van der Waals surface area contributed by atoms with E-state index in [9.17, 15) is 0 Å². The second-order valence-corrected chi connectivity index (χ2v) is 8.36. The van der Waals surface area contributed by atoms with Crippen molar-refractivity contribution in [3.8, 4) is 5.75 Å². The molecular weight excluding hydrogens is 378 g/mol. The fraction of sp³-hybridized carbons (Fsp3) is 0.500. The minimum absolute atomic E-state index is 0.411. The molecule has 0 amide bonds. The number of nitrogens with zero attached hydrogens (tertiary/aromatic N) is 5. The van der Waals surface area contributed by atoms with Crippen molar-refractivity contribution in [1.29, 1.82) is 0 Å². The second kappa shape index (κ2) is 8.10. The number of ether oxygens (including phenoxy) is 1. The van der Waals surface area contributed by atoms with Crippen LogP contribution in [-0.2, 0) is 13.0 Å². The minimum atomic E-state index is 0.411. The van der Waals surface area contributed by atoms with E-state index in [1.54, 1.807) is 7.11 Å². The summed E-state index contributed by atoms with van der Waals surface area (Å²) in [5, 5.41) is 12.3. The SMILES string of the molecule is COc1ccc(CN2CCCc3n[nH]c4nc(NC5CCN(C)CC5)nc2c34)cc1. The maximum Gasteiger partial charge on any atom is 0.226 e. The fourth-order valence-electron chi connectivity index (χ4n) is 4.43. The van der Waals surface area contributed by atoms with Gasteiger partial charge < -0.3 is 19.9 Å². The van der Waals surface area contributed by atoms with Crippen LogP contribution in [0.4, 0.5) is 11.8 Å². The van der Waals surface area contributed by atoms with E-state index in [1.165, 1.54) is 5.56 Å². The lowest BCUT2D eigenvalue weighted by Crippen LogP contribution is -2.37. The quantitative estimate of drug-likeness (QED) is 0.673. The van der Waals surface area contributed by atoms with Crippen LogP contribution in [0, 0.1) is 0 Å². The van der Waals surface area contributed by atoms with Gasteiger partial charge >= 0.3 is 0 Å². The fourth-order valence-corrected chi connectivity index (χ4v) is 4.43. The van der Waals surface area contributed by atoms with Crippen molar-refractivity contribution in [2.45, 2.75) is 38.3 Å². The molecule has 0 aliphatic carbocycles. The van der Waals surface area contributed by atoms with Gasteiger partial charge in [-0.3, -0.25) is 5.10 Å². The van der Waals surface area contributed by atoms with Gasteiger partial charge in [-0.05, 0) is 63.5 Å². The maximum atomic E-state index is 5.30. The maximum absolute atomic E-state index is 5.30. The lowest BCUT2D eigenvalue weighted by atomic mass is 10.1. The van der Waals surface area contributed by atoms with Gasteiger partial charge in [-0.1, -0.05) is 12.1 Å². The Morgan fingerprint density at radius 2 is 1.93 bits per heavy atom. The Bertz CT molecular complexity index is 1010. The molecule has 8 heteroatoms. The molecule has 0 unspecified atom stereocenters. The Morgan fingerprint density at radius 1 is 1.13 bits per heavy atom. The summed E-state index contributed by atoms with van der Waals surface area (Å²) in [5.74, 6) is 2.55. The molecule has 3 aromatic rings.